The summed E-state index contributed by atoms with van der Waals surface area (Å²) in [6.07, 6.45) is 1.96. The summed E-state index contributed by atoms with van der Waals surface area (Å²) in [5.74, 6) is 0.288. The van der Waals surface area contributed by atoms with Gasteiger partial charge in [-0.05, 0) is 37.7 Å². The quantitative estimate of drug-likeness (QED) is 0.904. The van der Waals surface area contributed by atoms with Crippen LogP contribution in [-0.4, -0.2) is 22.4 Å². The summed E-state index contributed by atoms with van der Waals surface area (Å²) >= 11 is 0. The van der Waals surface area contributed by atoms with Gasteiger partial charge >= 0.3 is 0 Å². The highest BCUT2D eigenvalue weighted by molar-refractivity contribution is 5.92. The van der Waals surface area contributed by atoms with Crippen LogP contribution in [0.5, 0.6) is 0 Å². The lowest BCUT2D eigenvalue weighted by atomic mass is 9.86. The molecular formula is C18H26N2O. The van der Waals surface area contributed by atoms with Crippen LogP contribution < -0.4 is 5.32 Å². The second-order valence-electron chi connectivity index (χ2n) is 7.80. The van der Waals surface area contributed by atoms with Crippen LogP contribution in [0.2, 0.25) is 0 Å². The van der Waals surface area contributed by atoms with Crippen LogP contribution in [-0.2, 0) is 4.79 Å². The van der Waals surface area contributed by atoms with Crippen molar-refractivity contribution in [2.75, 3.05) is 0 Å². The van der Waals surface area contributed by atoms with Crippen molar-refractivity contribution in [2.45, 2.75) is 65.2 Å². The molecule has 1 aromatic carbocycles. The average molecular weight is 286 g/mol. The minimum Gasteiger partial charge on any atom is -0.318 e. The molecule has 3 nitrogen and oxygen atoms in total. The molecule has 1 aromatic rings. The second kappa shape index (κ2) is 4.57. The van der Waals surface area contributed by atoms with E-state index in [4.69, 9.17) is 0 Å². The Bertz CT molecular complexity index is 569. The molecule has 1 heterocycles. The SMILES string of the molecule is Cc1cccc(C2NC3(CC3)C(=O)N2C(C)C(C)(C)C)c1. The maximum Gasteiger partial charge on any atom is 0.244 e. The second-order valence-corrected chi connectivity index (χ2v) is 7.80. The summed E-state index contributed by atoms with van der Waals surface area (Å²) in [7, 11) is 0. The molecular weight excluding hydrogens is 260 g/mol. The van der Waals surface area contributed by atoms with Gasteiger partial charge in [-0.3, -0.25) is 10.1 Å². The van der Waals surface area contributed by atoms with E-state index in [0.717, 1.165) is 12.8 Å². The minimum atomic E-state index is -0.270. The maximum atomic E-state index is 12.9. The van der Waals surface area contributed by atoms with Crippen LogP contribution in [0.3, 0.4) is 0 Å². The number of hydrogen-bond donors (Lipinski definition) is 1. The number of amides is 1. The molecule has 2 fully saturated rings. The van der Waals surface area contributed by atoms with Crippen molar-refractivity contribution in [3.8, 4) is 0 Å². The van der Waals surface area contributed by atoms with Gasteiger partial charge in [0.05, 0.1) is 0 Å². The van der Waals surface area contributed by atoms with Gasteiger partial charge in [0.25, 0.3) is 0 Å². The van der Waals surface area contributed by atoms with Crippen molar-refractivity contribution >= 4 is 5.91 Å². The Kier molecular flexibility index (Phi) is 3.17. The van der Waals surface area contributed by atoms with Crippen LogP contribution >= 0.6 is 0 Å². The Morgan fingerprint density at radius 2 is 2.00 bits per heavy atom. The zero-order valence-corrected chi connectivity index (χ0v) is 13.7. The molecule has 2 unspecified atom stereocenters. The highest BCUT2D eigenvalue weighted by Gasteiger charge is 2.60. The van der Waals surface area contributed by atoms with E-state index in [0.29, 0.717) is 0 Å². The molecule has 1 amide bonds. The first-order valence-corrected chi connectivity index (χ1v) is 7.92. The molecule has 3 heteroatoms. The van der Waals surface area contributed by atoms with Gasteiger partial charge in [-0.2, -0.15) is 0 Å². The molecule has 1 aliphatic heterocycles. The third-order valence-corrected chi connectivity index (χ3v) is 5.11. The molecule has 0 radical (unpaired) electrons. The lowest BCUT2D eigenvalue weighted by molar-refractivity contribution is -0.135. The third kappa shape index (κ3) is 2.38. The van der Waals surface area contributed by atoms with Crippen LogP contribution in [0.15, 0.2) is 24.3 Å². The first-order chi connectivity index (χ1) is 9.74. The van der Waals surface area contributed by atoms with E-state index in [1.165, 1.54) is 11.1 Å². The summed E-state index contributed by atoms with van der Waals surface area (Å²) in [5, 5.41) is 3.61. The smallest absolute Gasteiger partial charge is 0.244 e. The van der Waals surface area contributed by atoms with Gasteiger partial charge in [-0.1, -0.05) is 50.6 Å². The Morgan fingerprint density at radius 3 is 2.52 bits per heavy atom. The number of rotatable bonds is 2. The van der Waals surface area contributed by atoms with Crippen molar-refractivity contribution in [3.05, 3.63) is 35.4 Å². The maximum absolute atomic E-state index is 12.9. The van der Waals surface area contributed by atoms with Crippen LogP contribution in [0, 0.1) is 12.3 Å². The van der Waals surface area contributed by atoms with Crippen molar-refractivity contribution in [1.82, 2.24) is 10.2 Å². The number of aryl methyl sites for hydroxylation is 1. The average Bonchev–Trinajstić information content (AvgIpc) is 3.11. The molecule has 1 saturated heterocycles. The van der Waals surface area contributed by atoms with E-state index >= 15 is 0 Å². The third-order valence-electron chi connectivity index (χ3n) is 5.11. The Morgan fingerprint density at radius 1 is 1.33 bits per heavy atom. The van der Waals surface area contributed by atoms with E-state index in [1.807, 2.05) is 0 Å². The lowest BCUT2D eigenvalue weighted by Crippen LogP contribution is -2.45. The normalized spacial score (nSPS) is 25.5. The van der Waals surface area contributed by atoms with E-state index < -0.39 is 0 Å². The monoisotopic (exact) mass is 286 g/mol. The summed E-state index contributed by atoms with van der Waals surface area (Å²) < 4.78 is 0. The number of hydrogen-bond acceptors (Lipinski definition) is 2. The lowest BCUT2D eigenvalue weighted by Gasteiger charge is -2.38. The highest BCUT2D eigenvalue weighted by Crippen LogP contribution is 2.48. The number of nitrogens with one attached hydrogen (secondary N) is 1. The zero-order valence-electron chi connectivity index (χ0n) is 13.7. The number of benzene rings is 1. The fourth-order valence-corrected chi connectivity index (χ4v) is 3.14. The van der Waals surface area contributed by atoms with Gasteiger partial charge in [0.2, 0.25) is 5.91 Å². The van der Waals surface area contributed by atoms with Gasteiger partial charge < -0.3 is 4.90 Å². The van der Waals surface area contributed by atoms with Crippen molar-refractivity contribution < 1.29 is 4.79 Å². The molecule has 0 bridgehead atoms. The van der Waals surface area contributed by atoms with E-state index in [1.54, 1.807) is 0 Å². The fourth-order valence-electron chi connectivity index (χ4n) is 3.14. The molecule has 1 spiro atoms. The van der Waals surface area contributed by atoms with Crippen LogP contribution in [0.1, 0.15) is 57.8 Å². The Hall–Kier alpha value is -1.35. The molecule has 3 rings (SSSR count). The van der Waals surface area contributed by atoms with Crippen molar-refractivity contribution in [2.24, 2.45) is 5.41 Å². The van der Waals surface area contributed by atoms with Crippen molar-refractivity contribution in [1.29, 1.82) is 0 Å². The molecule has 2 aliphatic rings. The summed E-state index contributed by atoms with van der Waals surface area (Å²) in [6.45, 7) is 10.9. The molecule has 1 aliphatic carbocycles. The number of carbonyl (C=O) groups excluding carboxylic acids is 1. The van der Waals surface area contributed by atoms with E-state index in [-0.39, 0.29) is 29.1 Å². The standard InChI is InChI=1S/C18H26N2O/c1-12-7-6-8-14(11-12)15-19-18(9-10-18)16(21)20(15)13(2)17(3,4)5/h6-8,11,13,15,19H,9-10H2,1-5H3. The van der Waals surface area contributed by atoms with Crippen LogP contribution in [0.25, 0.3) is 0 Å². The van der Waals surface area contributed by atoms with Gasteiger partial charge in [-0.15, -0.1) is 0 Å². The molecule has 1 saturated carbocycles. The van der Waals surface area contributed by atoms with Gasteiger partial charge in [0, 0.05) is 6.04 Å². The Labute approximate surface area is 127 Å². The van der Waals surface area contributed by atoms with E-state index in [2.05, 4.69) is 69.1 Å². The van der Waals surface area contributed by atoms with E-state index in [9.17, 15) is 4.79 Å². The first-order valence-electron chi connectivity index (χ1n) is 7.92. The largest absolute Gasteiger partial charge is 0.318 e. The van der Waals surface area contributed by atoms with Gasteiger partial charge in [0.1, 0.15) is 11.7 Å². The van der Waals surface area contributed by atoms with Crippen LogP contribution in [0.4, 0.5) is 0 Å². The number of carbonyl (C=O) groups is 1. The number of nitrogens with zero attached hydrogens (tertiary/aromatic N) is 1. The van der Waals surface area contributed by atoms with Gasteiger partial charge in [-0.25, -0.2) is 0 Å². The zero-order chi connectivity index (χ0) is 15.4. The highest BCUT2D eigenvalue weighted by atomic mass is 16.2. The Balaban J connectivity index is 1.99. The fraction of sp³-hybridized carbons (Fsp3) is 0.611. The topological polar surface area (TPSA) is 32.3 Å². The molecule has 114 valence electrons. The molecule has 1 N–H and O–H groups in total. The van der Waals surface area contributed by atoms with Crippen molar-refractivity contribution in [3.63, 3.8) is 0 Å². The molecule has 21 heavy (non-hydrogen) atoms. The summed E-state index contributed by atoms with van der Waals surface area (Å²) in [4.78, 5) is 15.0. The predicted octanol–water partition coefficient (Wildman–Crippen LogP) is 3.39. The summed E-state index contributed by atoms with van der Waals surface area (Å²) in [5.41, 5.74) is 2.23. The predicted molar refractivity (Wildman–Crippen MR) is 84.8 cm³/mol. The summed E-state index contributed by atoms with van der Waals surface area (Å²) in [6, 6.07) is 8.69. The minimum absolute atomic E-state index is 0.00845. The van der Waals surface area contributed by atoms with Gasteiger partial charge in [0.15, 0.2) is 0 Å². The molecule has 2 atom stereocenters. The molecule has 0 aromatic heterocycles. The first kappa shape index (κ1) is 14.6.